The van der Waals surface area contributed by atoms with E-state index in [1.807, 2.05) is 19.1 Å². The first-order valence-corrected chi connectivity index (χ1v) is 3.31. The molecule has 1 aromatic rings. The van der Waals surface area contributed by atoms with Gasteiger partial charge in [-0.25, -0.2) is 0 Å². The van der Waals surface area contributed by atoms with E-state index in [0.717, 1.165) is 11.3 Å². The molecule has 1 aromatic carbocycles. The highest BCUT2D eigenvalue weighted by molar-refractivity contribution is 5.31. The Balaban J connectivity index is 2.71. The molecule has 0 spiro atoms. The summed E-state index contributed by atoms with van der Waals surface area (Å²) in [5.41, 5.74) is 1.00. The van der Waals surface area contributed by atoms with Gasteiger partial charge < -0.3 is 4.74 Å². The van der Waals surface area contributed by atoms with Gasteiger partial charge in [-0.2, -0.15) is 5.26 Å². The molecule has 11 heavy (non-hydrogen) atoms. The van der Waals surface area contributed by atoms with Gasteiger partial charge in [-0.15, -0.1) is 0 Å². The van der Waals surface area contributed by atoms with Crippen molar-refractivity contribution in [3.05, 3.63) is 29.8 Å². The molecule has 1 rings (SSSR count). The van der Waals surface area contributed by atoms with Gasteiger partial charge in [0.15, 0.2) is 6.61 Å². The summed E-state index contributed by atoms with van der Waals surface area (Å²) in [6.07, 6.45) is 0. The van der Waals surface area contributed by atoms with Gasteiger partial charge in [-0.3, -0.25) is 0 Å². The van der Waals surface area contributed by atoms with Crippen molar-refractivity contribution >= 4 is 0 Å². The van der Waals surface area contributed by atoms with E-state index >= 15 is 0 Å². The van der Waals surface area contributed by atoms with Crippen LogP contribution in [0.4, 0.5) is 0 Å². The molecule has 0 atom stereocenters. The fourth-order valence-electron chi connectivity index (χ4n) is 0.771. The Hall–Kier alpha value is -1.49. The molecular weight excluding hydrogens is 138 g/mol. The normalized spacial score (nSPS) is 8.73. The Morgan fingerprint density at radius 2 is 2.55 bits per heavy atom. The Bertz CT molecular complexity index is 275. The van der Waals surface area contributed by atoms with Crippen LogP contribution in [0.25, 0.3) is 0 Å². The second-order valence-corrected chi connectivity index (χ2v) is 2.14. The summed E-state index contributed by atoms with van der Waals surface area (Å²) in [4.78, 5) is 0. The molecule has 0 aliphatic carbocycles. The largest absolute Gasteiger partial charge is 0.478 e. The average molecular weight is 146 g/mol. The van der Waals surface area contributed by atoms with Gasteiger partial charge in [0.1, 0.15) is 11.8 Å². The summed E-state index contributed by atoms with van der Waals surface area (Å²) in [6, 6.07) is 10.2. The smallest absolute Gasteiger partial charge is 0.174 e. The molecule has 1 radical (unpaired) electrons. The minimum atomic E-state index is 0.102. The number of aryl methyl sites for hydroxylation is 1. The fourth-order valence-corrected chi connectivity index (χ4v) is 0.771. The zero-order valence-corrected chi connectivity index (χ0v) is 6.29. The van der Waals surface area contributed by atoms with Crippen LogP contribution in [-0.2, 0) is 0 Å². The van der Waals surface area contributed by atoms with Crippen LogP contribution in [0.2, 0.25) is 0 Å². The number of nitriles is 1. The molecule has 2 heteroatoms. The summed E-state index contributed by atoms with van der Waals surface area (Å²) in [6.45, 7) is 2.02. The highest BCUT2D eigenvalue weighted by atomic mass is 16.5. The van der Waals surface area contributed by atoms with E-state index in [0.29, 0.717) is 0 Å². The number of hydrogen-bond acceptors (Lipinski definition) is 2. The molecule has 55 valence electrons. The topological polar surface area (TPSA) is 33.0 Å². The SMILES string of the molecule is Cc1c[c]ccc1OCC#N. The summed E-state index contributed by atoms with van der Waals surface area (Å²) in [5, 5.41) is 8.24. The molecule has 0 saturated carbocycles. The van der Waals surface area contributed by atoms with Crippen LogP contribution in [0, 0.1) is 24.3 Å². The lowest BCUT2D eigenvalue weighted by molar-refractivity contribution is 0.365. The van der Waals surface area contributed by atoms with Crippen molar-refractivity contribution in [3.8, 4) is 11.8 Å². The molecule has 0 unspecified atom stereocenters. The van der Waals surface area contributed by atoms with Gasteiger partial charge in [0, 0.05) is 0 Å². The van der Waals surface area contributed by atoms with Gasteiger partial charge in [0.2, 0.25) is 0 Å². The summed E-state index contributed by atoms with van der Waals surface area (Å²) in [5.74, 6) is 0.755. The van der Waals surface area contributed by atoms with E-state index in [1.165, 1.54) is 0 Å². The third-order valence-corrected chi connectivity index (χ3v) is 1.31. The van der Waals surface area contributed by atoms with E-state index in [4.69, 9.17) is 10.00 Å². The van der Waals surface area contributed by atoms with E-state index in [9.17, 15) is 0 Å². The molecule has 0 heterocycles. The van der Waals surface area contributed by atoms with Crippen LogP contribution in [0.3, 0.4) is 0 Å². The van der Waals surface area contributed by atoms with Crippen molar-refractivity contribution in [2.24, 2.45) is 0 Å². The Kier molecular flexibility index (Phi) is 2.51. The van der Waals surface area contributed by atoms with Crippen molar-refractivity contribution in [3.63, 3.8) is 0 Å². The van der Waals surface area contributed by atoms with Crippen molar-refractivity contribution in [2.75, 3.05) is 6.61 Å². The lowest BCUT2D eigenvalue weighted by Gasteiger charge is -2.02. The van der Waals surface area contributed by atoms with Gasteiger partial charge >= 0.3 is 0 Å². The molecule has 2 nitrogen and oxygen atoms in total. The van der Waals surface area contributed by atoms with Crippen LogP contribution < -0.4 is 4.74 Å². The molecule has 0 saturated heterocycles. The third-order valence-electron chi connectivity index (χ3n) is 1.31. The van der Waals surface area contributed by atoms with Crippen LogP contribution in [0.1, 0.15) is 5.56 Å². The molecule has 0 aliphatic rings. The first kappa shape index (κ1) is 7.62. The van der Waals surface area contributed by atoms with Crippen molar-refractivity contribution in [2.45, 2.75) is 6.92 Å². The molecule has 0 bridgehead atoms. The third kappa shape index (κ3) is 1.98. The minimum absolute atomic E-state index is 0.102. The van der Waals surface area contributed by atoms with Crippen molar-refractivity contribution in [1.29, 1.82) is 5.26 Å². The fraction of sp³-hybridized carbons (Fsp3) is 0.222. The molecule has 0 fully saturated rings. The van der Waals surface area contributed by atoms with Crippen LogP contribution in [0.15, 0.2) is 18.2 Å². The van der Waals surface area contributed by atoms with Crippen molar-refractivity contribution in [1.82, 2.24) is 0 Å². The maximum absolute atomic E-state index is 8.24. The van der Waals surface area contributed by atoms with Crippen LogP contribution in [0.5, 0.6) is 5.75 Å². The highest BCUT2D eigenvalue weighted by Gasteiger charge is 1.94. The number of nitrogens with zero attached hydrogens (tertiary/aromatic N) is 1. The maximum Gasteiger partial charge on any atom is 0.174 e. The van der Waals surface area contributed by atoms with Crippen LogP contribution in [-0.4, -0.2) is 6.61 Å². The zero-order chi connectivity index (χ0) is 8.10. The standard InChI is InChI=1S/C9H8NO/c1-8-4-2-3-5-9(8)11-7-6-10/h3-5H,7H2,1H3. The average Bonchev–Trinajstić information content (AvgIpc) is 2.03. The number of hydrogen-bond donors (Lipinski definition) is 0. The predicted octanol–water partition coefficient (Wildman–Crippen LogP) is 1.70. The van der Waals surface area contributed by atoms with Gasteiger partial charge in [0.25, 0.3) is 0 Å². The zero-order valence-electron chi connectivity index (χ0n) is 6.29. The van der Waals surface area contributed by atoms with Crippen LogP contribution >= 0.6 is 0 Å². The number of ether oxygens (including phenoxy) is 1. The lowest BCUT2D eigenvalue weighted by atomic mass is 10.2. The number of benzene rings is 1. The van der Waals surface area contributed by atoms with Crippen molar-refractivity contribution < 1.29 is 4.74 Å². The second-order valence-electron chi connectivity index (χ2n) is 2.14. The lowest BCUT2D eigenvalue weighted by Crippen LogP contribution is -1.94. The molecule has 0 N–H and O–H groups in total. The van der Waals surface area contributed by atoms with E-state index in [1.54, 1.807) is 12.1 Å². The van der Waals surface area contributed by atoms with E-state index in [-0.39, 0.29) is 6.61 Å². The van der Waals surface area contributed by atoms with Gasteiger partial charge in [0.05, 0.1) is 0 Å². The summed E-state index contributed by atoms with van der Waals surface area (Å²) < 4.78 is 5.10. The van der Waals surface area contributed by atoms with E-state index in [2.05, 4.69) is 6.07 Å². The highest BCUT2D eigenvalue weighted by Crippen LogP contribution is 2.14. The first-order valence-electron chi connectivity index (χ1n) is 3.31. The van der Waals surface area contributed by atoms with E-state index < -0.39 is 0 Å². The Labute approximate surface area is 66.0 Å². The predicted molar refractivity (Wildman–Crippen MR) is 41.1 cm³/mol. The molecule has 0 aromatic heterocycles. The summed E-state index contributed by atoms with van der Waals surface area (Å²) in [7, 11) is 0. The Morgan fingerprint density at radius 3 is 3.18 bits per heavy atom. The Morgan fingerprint density at radius 1 is 1.73 bits per heavy atom. The molecular formula is C9H8NO. The van der Waals surface area contributed by atoms with Gasteiger partial charge in [-0.05, 0) is 30.7 Å². The monoisotopic (exact) mass is 146 g/mol. The second kappa shape index (κ2) is 3.62. The molecule has 0 aliphatic heterocycles. The minimum Gasteiger partial charge on any atom is -0.478 e. The maximum atomic E-state index is 8.24. The molecule has 0 amide bonds. The quantitative estimate of drug-likeness (QED) is 0.636. The summed E-state index contributed by atoms with van der Waals surface area (Å²) >= 11 is 0. The van der Waals surface area contributed by atoms with Gasteiger partial charge in [-0.1, -0.05) is 6.07 Å². The first-order chi connectivity index (χ1) is 5.34. The number of rotatable bonds is 2.